The van der Waals surface area contributed by atoms with Gasteiger partial charge in [0.15, 0.2) is 0 Å². The molecule has 18 heteroatoms. The number of nitro benzene ring substituents is 2. The van der Waals surface area contributed by atoms with E-state index in [0.29, 0.717) is 4.47 Å². The molecule has 0 N–H and O–H groups in total. The summed E-state index contributed by atoms with van der Waals surface area (Å²) in [7, 11) is 2.84. The lowest BCUT2D eigenvalue weighted by molar-refractivity contribution is -0.385. The van der Waals surface area contributed by atoms with E-state index in [0.717, 1.165) is 30.9 Å². The average molecular weight is 546 g/mol. The quantitative estimate of drug-likeness (QED) is 0.252. The lowest BCUT2D eigenvalue weighted by Gasteiger charge is -1.99. The topological polar surface area (TPSA) is 215 Å². The van der Waals surface area contributed by atoms with Crippen molar-refractivity contribution < 1.29 is 9.85 Å². The van der Waals surface area contributed by atoms with Crippen LogP contribution in [0.15, 0.2) is 50.5 Å². The van der Waals surface area contributed by atoms with Gasteiger partial charge in [-0.25, -0.2) is 9.59 Å². The summed E-state index contributed by atoms with van der Waals surface area (Å²) in [5.74, 6) is 0. The van der Waals surface area contributed by atoms with Crippen LogP contribution in [0.1, 0.15) is 5.56 Å². The maximum atomic E-state index is 11.6. The Hall–Kier alpha value is -5.05. The van der Waals surface area contributed by atoms with Crippen molar-refractivity contribution >= 4 is 27.3 Å². The van der Waals surface area contributed by atoms with Crippen LogP contribution in [-0.4, -0.2) is 49.4 Å². The molecule has 0 aliphatic heterocycles. The van der Waals surface area contributed by atoms with Gasteiger partial charge in [-0.2, -0.15) is 24.0 Å². The fourth-order valence-electron chi connectivity index (χ4n) is 2.63. The monoisotopic (exact) mass is 545 g/mol. The van der Waals surface area contributed by atoms with E-state index in [1.165, 1.54) is 32.3 Å². The molecular weight excluding hydrogens is 534 g/mol. The maximum absolute atomic E-state index is 11.6. The fraction of sp³-hybridized carbons (Fsp3) is 0.118. The number of halogens is 1. The van der Waals surface area contributed by atoms with E-state index >= 15 is 0 Å². The Bertz CT molecular complexity index is 1610. The SMILES string of the molecule is Cn1nnn(-c2cc(Br)cc([N+](=O)[O-])c2)c1=O.Cn1nnn(-c2cc(C#N)cc([N+](=O)[O-])c2)c1=O. The molecule has 2 aromatic heterocycles. The van der Waals surface area contributed by atoms with E-state index in [1.807, 2.05) is 0 Å². The molecule has 0 unspecified atom stereocenters. The standard InChI is InChI=1S/C9H6N6O3.C8H6BrN5O3/c1-13-9(16)14(12-11-13)7-2-6(5-10)3-8(4-7)15(17)18;1-12-8(15)13(11-10-12)6-2-5(9)3-7(4-6)14(16)17/h2-4H,1H3;2-4H,1H3. The molecule has 0 spiro atoms. The van der Waals surface area contributed by atoms with Gasteiger partial charge in [-0.05, 0) is 33.0 Å². The van der Waals surface area contributed by atoms with Crippen LogP contribution in [0.5, 0.6) is 0 Å². The molecule has 17 nitrogen and oxygen atoms in total. The highest BCUT2D eigenvalue weighted by Crippen LogP contribution is 2.22. The van der Waals surface area contributed by atoms with Crippen molar-refractivity contribution in [2.75, 3.05) is 0 Å². The minimum absolute atomic E-state index is 0.0664. The van der Waals surface area contributed by atoms with Gasteiger partial charge in [0.1, 0.15) is 0 Å². The second-order valence-corrected chi connectivity index (χ2v) is 7.54. The lowest BCUT2D eigenvalue weighted by atomic mass is 10.2. The van der Waals surface area contributed by atoms with Gasteiger partial charge in [-0.1, -0.05) is 15.9 Å². The number of rotatable bonds is 4. The van der Waals surface area contributed by atoms with Crippen LogP contribution < -0.4 is 11.4 Å². The Kier molecular flexibility index (Phi) is 6.91. The van der Waals surface area contributed by atoms with Crippen LogP contribution in [0.2, 0.25) is 0 Å². The van der Waals surface area contributed by atoms with Crippen molar-refractivity contribution in [2.45, 2.75) is 0 Å². The molecule has 0 bridgehead atoms. The zero-order valence-corrected chi connectivity index (χ0v) is 19.3. The van der Waals surface area contributed by atoms with Crippen molar-refractivity contribution in [2.24, 2.45) is 14.1 Å². The molecule has 0 saturated carbocycles. The molecule has 0 aliphatic carbocycles. The first-order chi connectivity index (χ1) is 16.5. The number of hydrogen-bond donors (Lipinski definition) is 0. The second kappa shape index (κ2) is 9.84. The van der Waals surface area contributed by atoms with Crippen molar-refractivity contribution in [1.82, 2.24) is 39.6 Å². The first-order valence-corrected chi connectivity index (χ1v) is 9.94. The van der Waals surface area contributed by atoms with Crippen LogP contribution >= 0.6 is 15.9 Å². The van der Waals surface area contributed by atoms with Crippen LogP contribution in [0.4, 0.5) is 11.4 Å². The van der Waals surface area contributed by atoms with E-state index in [-0.39, 0.29) is 28.3 Å². The first kappa shape index (κ1) is 24.6. The van der Waals surface area contributed by atoms with Crippen molar-refractivity contribution in [3.8, 4) is 17.4 Å². The summed E-state index contributed by atoms with van der Waals surface area (Å²) in [6, 6.07) is 9.51. The van der Waals surface area contributed by atoms with Gasteiger partial charge in [-0.15, -0.1) is 0 Å². The molecule has 2 heterocycles. The number of aryl methyl sites for hydroxylation is 2. The fourth-order valence-corrected chi connectivity index (χ4v) is 3.09. The van der Waals surface area contributed by atoms with Crippen molar-refractivity contribution in [3.05, 3.63) is 87.6 Å². The third-order valence-electron chi connectivity index (χ3n) is 4.25. The average Bonchev–Trinajstić information content (AvgIpc) is 3.34. The first-order valence-electron chi connectivity index (χ1n) is 9.15. The van der Waals surface area contributed by atoms with Crippen LogP contribution in [0, 0.1) is 31.6 Å². The Morgan fingerprint density at radius 3 is 1.66 bits per heavy atom. The summed E-state index contributed by atoms with van der Waals surface area (Å²) in [5.41, 5.74) is -0.981. The number of aromatic nitrogens is 8. The zero-order chi connectivity index (χ0) is 25.9. The minimum Gasteiger partial charge on any atom is -0.258 e. The second-order valence-electron chi connectivity index (χ2n) is 6.63. The molecule has 4 rings (SSSR count). The summed E-state index contributed by atoms with van der Waals surface area (Å²) in [6.07, 6.45) is 0. The van der Waals surface area contributed by atoms with Gasteiger partial charge < -0.3 is 0 Å². The molecule has 0 aliphatic rings. The number of nitrogens with zero attached hydrogens (tertiary/aromatic N) is 11. The van der Waals surface area contributed by atoms with Gasteiger partial charge in [0.2, 0.25) is 0 Å². The molecule has 178 valence electrons. The summed E-state index contributed by atoms with van der Waals surface area (Å²) in [4.78, 5) is 43.4. The van der Waals surface area contributed by atoms with Crippen molar-refractivity contribution in [1.29, 1.82) is 5.26 Å². The Morgan fingerprint density at radius 1 is 0.800 bits per heavy atom. The number of non-ortho nitro benzene ring substituents is 2. The molecular formula is C17H12BrN11O6. The molecule has 2 aromatic carbocycles. The Morgan fingerprint density at radius 2 is 1.26 bits per heavy atom. The maximum Gasteiger partial charge on any atom is 0.368 e. The third kappa shape index (κ3) is 5.31. The lowest BCUT2D eigenvalue weighted by Crippen LogP contribution is -2.22. The predicted octanol–water partition coefficient (Wildman–Crippen LogP) is 0.383. The summed E-state index contributed by atoms with van der Waals surface area (Å²) in [5, 5.41) is 44.3. The highest BCUT2D eigenvalue weighted by atomic mass is 79.9. The normalized spacial score (nSPS) is 10.2. The van der Waals surface area contributed by atoms with Gasteiger partial charge in [0.05, 0.1) is 32.9 Å². The third-order valence-corrected chi connectivity index (χ3v) is 4.71. The summed E-state index contributed by atoms with van der Waals surface area (Å²) < 4.78 is 4.36. The van der Waals surface area contributed by atoms with E-state index in [2.05, 4.69) is 36.8 Å². The van der Waals surface area contributed by atoms with Crippen molar-refractivity contribution in [3.63, 3.8) is 0 Å². The summed E-state index contributed by atoms with van der Waals surface area (Å²) in [6.45, 7) is 0. The largest absolute Gasteiger partial charge is 0.368 e. The zero-order valence-electron chi connectivity index (χ0n) is 17.7. The molecule has 0 radical (unpaired) electrons. The van der Waals surface area contributed by atoms with Crippen LogP contribution in [-0.2, 0) is 14.1 Å². The number of hydrogen-bond acceptors (Lipinski definition) is 11. The number of nitriles is 1. The number of benzene rings is 2. The van der Waals surface area contributed by atoms with E-state index in [4.69, 9.17) is 5.26 Å². The highest BCUT2D eigenvalue weighted by Gasteiger charge is 2.15. The number of nitro groups is 2. The van der Waals surface area contributed by atoms with Gasteiger partial charge >= 0.3 is 11.4 Å². The summed E-state index contributed by atoms with van der Waals surface area (Å²) >= 11 is 3.14. The van der Waals surface area contributed by atoms with Gasteiger partial charge in [0, 0.05) is 42.8 Å². The molecule has 0 saturated heterocycles. The Balaban J connectivity index is 0.000000196. The highest BCUT2D eigenvalue weighted by molar-refractivity contribution is 9.10. The van der Waals surface area contributed by atoms with Crippen LogP contribution in [0.3, 0.4) is 0 Å². The van der Waals surface area contributed by atoms with E-state index < -0.39 is 21.2 Å². The van der Waals surface area contributed by atoms with E-state index in [1.54, 1.807) is 12.1 Å². The molecule has 0 atom stereocenters. The van der Waals surface area contributed by atoms with Gasteiger partial charge in [0.25, 0.3) is 11.4 Å². The molecule has 4 aromatic rings. The van der Waals surface area contributed by atoms with E-state index in [9.17, 15) is 29.8 Å². The number of tetrazole rings is 2. The molecule has 0 fully saturated rings. The molecule has 0 amide bonds. The van der Waals surface area contributed by atoms with Gasteiger partial charge in [-0.3, -0.25) is 20.2 Å². The van der Waals surface area contributed by atoms with Crippen LogP contribution in [0.25, 0.3) is 11.4 Å². The predicted molar refractivity (Wildman–Crippen MR) is 119 cm³/mol. The Labute approximate surface area is 201 Å². The smallest absolute Gasteiger partial charge is 0.258 e. The minimum atomic E-state index is -0.647. The molecule has 35 heavy (non-hydrogen) atoms.